The minimum atomic E-state index is -0.649. The van der Waals surface area contributed by atoms with Gasteiger partial charge in [0.2, 0.25) is 0 Å². The maximum absolute atomic E-state index is 12.2. The van der Waals surface area contributed by atoms with Gasteiger partial charge in [-0.1, -0.05) is 54.1 Å². The lowest BCUT2D eigenvalue weighted by Crippen LogP contribution is -2.22. The van der Waals surface area contributed by atoms with Crippen LogP contribution in [-0.2, 0) is 6.54 Å². The minimum Gasteiger partial charge on any atom is -0.383 e. The Morgan fingerprint density at radius 2 is 1.75 bits per heavy atom. The van der Waals surface area contributed by atoms with Crippen LogP contribution in [-0.4, -0.2) is 11.0 Å². The molecule has 1 unspecified atom stereocenters. The number of aliphatic hydroxyl groups excluding tert-OH is 1. The van der Waals surface area contributed by atoms with Gasteiger partial charge in [0.05, 0.1) is 17.1 Å². The molecule has 24 heavy (non-hydrogen) atoms. The SMILES string of the molecule is O=C(NCc1ccc(C(O)c2ccccc2)s1)c1ccccc1Cl. The van der Waals surface area contributed by atoms with Crippen LogP contribution in [0, 0.1) is 0 Å². The van der Waals surface area contributed by atoms with Crippen LogP contribution in [0.25, 0.3) is 0 Å². The predicted octanol–water partition coefficient (Wildman–Crippen LogP) is 4.41. The molecule has 3 rings (SSSR count). The summed E-state index contributed by atoms with van der Waals surface area (Å²) in [5.41, 5.74) is 1.31. The summed E-state index contributed by atoms with van der Waals surface area (Å²) < 4.78 is 0. The van der Waals surface area contributed by atoms with Crippen molar-refractivity contribution in [2.24, 2.45) is 0 Å². The van der Waals surface area contributed by atoms with E-state index >= 15 is 0 Å². The Hall–Kier alpha value is -2.14. The van der Waals surface area contributed by atoms with Gasteiger partial charge >= 0.3 is 0 Å². The van der Waals surface area contributed by atoms with Gasteiger partial charge in [0, 0.05) is 9.75 Å². The van der Waals surface area contributed by atoms with Gasteiger partial charge in [-0.3, -0.25) is 4.79 Å². The van der Waals surface area contributed by atoms with E-state index in [-0.39, 0.29) is 5.91 Å². The first-order valence-electron chi connectivity index (χ1n) is 7.49. The largest absolute Gasteiger partial charge is 0.383 e. The third kappa shape index (κ3) is 3.85. The Balaban J connectivity index is 1.64. The van der Waals surface area contributed by atoms with Gasteiger partial charge in [-0.05, 0) is 29.8 Å². The van der Waals surface area contributed by atoms with Gasteiger partial charge in [-0.15, -0.1) is 11.3 Å². The van der Waals surface area contributed by atoms with E-state index in [1.165, 1.54) is 11.3 Å². The van der Waals surface area contributed by atoms with Crippen molar-refractivity contribution in [3.63, 3.8) is 0 Å². The van der Waals surface area contributed by atoms with Crippen molar-refractivity contribution in [1.29, 1.82) is 0 Å². The smallest absolute Gasteiger partial charge is 0.253 e. The molecule has 0 fully saturated rings. The van der Waals surface area contributed by atoms with Crippen LogP contribution in [0.3, 0.4) is 0 Å². The zero-order valence-electron chi connectivity index (χ0n) is 12.8. The molecule has 5 heteroatoms. The number of hydrogen-bond donors (Lipinski definition) is 2. The van der Waals surface area contributed by atoms with E-state index in [0.29, 0.717) is 17.1 Å². The Kier molecular flexibility index (Phi) is 5.30. The molecule has 3 aromatic rings. The van der Waals surface area contributed by atoms with E-state index in [2.05, 4.69) is 5.32 Å². The van der Waals surface area contributed by atoms with Crippen LogP contribution < -0.4 is 5.32 Å². The molecule has 2 N–H and O–H groups in total. The first-order chi connectivity index (χ1) is 11.6. The summed E-state index contributed by atoms with van der Waals surface area (Å²) in [4.78, 5) is 14.0. The fourth-order valence-corrected chi connectivity index (χ4v) is 3.53. The van der Waals surface area contributed by atoms with E-state index < -0.39 is 6.10 Å². The van der Waals surface area contributed by atoms with Crippen LogP contribution in [0.5, 0.6) is 0 Å². The number of carbonyl (C=O) groups is 1. The fraction of sp³-hybridized carbons (Fsp3) is 0.105. The average molecular weight is 358 g/mol. The van der Waals surface area contributed by atoms with Crippen molar-refractivity contribution in [2.45, 2.75) is 12.6 Å². The molecular weight excluding hydrogens is 342 g/mol. The van der Waals surface area contributed by atoms with E-state index in [1.54, 1.807) is 24.3 Å². The van der Waals surface area contributed by atoms with Crippen molar-refractivity contribution in [3.05, 3.63) is 92.6 Å². The second-order valence-corrected chi connectivity index (χ2v) is 6.89. The molecule has 0 aliphatic rings. The Labute approximate surface area is 149 Å². The third-order valence-electron chi connectivity index (χ3n) is 3.61. The molecule has 0 bridgehead atoms. The molecule has 0 saturated heterocycles. The molecule has 0 aliphatic heterocycles. The minimum absolute atomic E-state index is 0.209. The van der Waals surface area contributed by atoms with Crippen molar-refractivity contribution in [3.8, 4) is 0 Å². The first kappa shape index (κ1) is 16.7. The van der Waals surface area contributed by atoms with Crippen molar-refractivity contribution < 1.29 is 9.90 Å². The molecule has 0 radical (unpaired) electrons. The van der Waals surface area contributed by atoms with Crippen LogP contribution in [0.2, 0.25) is 5.02 Å². The Bertz CT molecular complexity index is 832. The van der Waals surface area contributed by atoms with E-state index in [4.69, 9.17) is 11.6 Å². The number of rotatable bonds is 5. The normalized spacial score (nSPS) is 11.9. The first-order valence-corrected chi connectivity index (χ1v) is 8.69. The van der Waals surface area contributed by atoms with Crippen LogP contribution in [0.15, 0.2) is 66.7 Å². The zero-order valence-corrected chi connectivity index (χ0v) is 14.3. The lowest BCUT2D eigenvalue weighted by molar-refractivity contribution is 0.0951. The summed E-state index contributed by atoms with van der Waals surface area (Å²) >= 11 is 7.50. The quantitative estimate of drug-likeness (QED) is 0.710. The Morgan fingerprint density at radius 1 is 1.04 bits per heavy atom. The molecule has 1 amide bonds. The van der Waals surface area contributed by atoms with Gasteiger partial charge in [0.1, 0.15) is 6.10 Å². The van der Waals surface area contributed by atoms with Crippen molar-refractivity contribution >= 4 is 28.8 Å². The molecule has 0 aliphatic carbocycles. The van der Waals surface area contributed by atoms with Gasteiger partial charge in [-0.2, -0.15) is 0 Å². The highest BCUT2D eigenvalue weighted by molar-refractivity contribution is 7.12. The number of benzene rings is 2. The van der Waals surface area contributed by atoms with Crippen molar-refractivity contribution in [2.75, 3.05) is 0 Å². The summed E-state index contributed by atoms with van der Waals surface area (Å²) in [6, 6.07) is 20.3. The van der Waals surface area contributed by atoms with Crippen LogP contribution in [0.4, 0.5) is 0 Å². The monoisotopic (exact) mass is 357 g/mol. The van der Waals surface area contributed by atoms with Gasteiger partial charge in [0.15, 0.2) is 0 Å². The second-order valence-electron chi connectivity index (χ2n) is 5.28. The highest BCUT2D eigenvalue weighted by Gasteiger charge is 2.14. The standard InChI is InChI=1S/C19H16ClNO2S/c20-16-9-5-4-8-15(16)19(23)21-12-14-10-11-17(24-14)18(22)13-6-2-1-3-7-13/h1-11,18,22H,12H2,(H,21,23). The zero-order chi connectivity index (χ0) is 16.9. The number of amides is 1. The maximum Gasteiger partial charge on any atom is 0.253 e. The summed E-state index contributed by atoms with van der Waals surface area (Å²) in [5.74, 6) is -0.209. The average Bonchev–Trinajstić information content (AvgIpc) is 3.09. The molecule has 122 valence electrons. The fourth-order valence-electron chi connectivity index (χ4n) is 2.34. The molecular formula is C19H16ClNO2S. The molecule has 1 atom stereocenters. The maximum atomic E-state index is 12.2. The number of hydrogen-bond acceptors (Lipinski definition) is 3. The third-order valence-corrected chi connectivity index (χ3v) is 5.08. The van der Waals surface area contributed by atoms with Crippen LogP contribution >= 0.6 is 22.9 Å². The highest BCUT2D eigenvalue weighted by atomic mass is 35.5. The van der Waals surface area contributed by atoms with E-state index in [0.717, 1.165) is 15.3 Å². The number of aliphatic hydroxyl groups is 1. The van der Waals surface area contributed by atoms with Gasteiger partial charge < -0.3 is 10.4 Å². The summed E-state index contributed by atoms with van der Waals surface area (Å²) in [7, 11) is 0. The van der Waals surface area contributed by atoms with Crippen LogP contribution in [0.1, 0.15) is 31.8 Å². The molecule has 2 aromatic carbocycles. The van der Waals surface area contributed by atoms with E-state index in [1.807, 2.05) is 42.5 Å². The molecule has 1 aromatic heterocycles. The Morgan fingerprint density at radius 3 is 2.50 bits per heavy atom. The molecule has 3 nitrogen and oxygen atoms in total. The summed E-state index contributed by atoms with van der Waals surface area (Å²) in [6.45, 7) is 0.399. The number of nitrogens with one attached hydrogen (secondary N) is 1. The number of carbonyl (C=O) groups excluding carboxylic acids is 1. The highest BCUT2D eigenvalue weighted by Crippen LogP contribution is 2.28. The van der Waals surface area contributed by atoms with Crippen molar-refractivity contribution in [1.82, 2.24) is 5.32 Å². The molecule has 0 saturated carbocycles. The number of thiophene rings is 1. The van der Waals surface area contributed by atoms with E-state index in [9.17, 15) is 9.90 Å². The molecule has 1 heterocycles. The van der Waals surface area contributed by atoms with Gasteiger partial charge in [-0.25, -0.2) is 0 Å². The van der Waals surface area contributed by atoms with Gasteiger partial charge in [0.25, 0.3) is 5.91 Å². The predicted molar refractivity (Wildman–Crippen MR) is 97.4 cm³/mol. The number of halogens is 1. The summed E-state index contributed by atoms with van der Waals surface area (Å²) in [5, 5.41) is 13.7. The lowest BCUT2D eigenvalue weighted by Gasteiger charge is -2.08. The lowest BCUT2D eigenvalue weighted by atomic mass is 10.1. The second kappa shape index (κ2) is 7.62. The molecule has 0 spiro atoms. The summed E-state index contributed by atoms with van der Waals surface area (Å²) in [6.07, 6.45) is -0.649. The topological polar surface area (TPSA) is 49.3 Å².